The molecule has 0 saturated heterocycles. The molecule has 2 heteroatoms. The van der Waals surface area contributed by atoms with Gasteiger partial charge in [0.25, 0.3) is 0 Å². The molecule has 0 heterocycles. The summed E-state index contributed by atoms with van der Waals surface area (Å²) in [4.78, 5) is 0. The zero-order valence-corrected chi connectivity index (χ0v) is 10.7. The molecule has 1 nitrogen and oxygen atoms in total. The monoisotopic (exact) mass is 215 g/mol. The Morgan fingerprint density at radius 1 is 1.27 bits per heavy atom. The van der Waals surface area contributed by atoms with Crippen LogP contribution >= 0.6 is 0 Å². The normalized spacial score (nSPS) is 11.6. The molecule has 0 radical (unpaired) electrons. The SMILES string of the molecule is C=CC[N](CC=C)[GeH2][CH](C)C. The van der Waals surface area contributed by atoms with Crippen LogP contribution in [0.1, 0.15) is 13.8 Å². The van der Waals surface area contributed by atoms with Gasteiger partial charge in [0.1, 0.15) is 0 Å². The second-order valence-corrected chi connectivity index (χ2v) is 9.26. The van der Waals surface area contributed by atoms with Crippen molar-refractivity contribution >= 4 is 15.7 Å². The molecule has 0 amide bonds. The first-order chi connectivity index (χ1) is 5.20. The van der Waals surface area contributed by atoms with Crippen LogP contribution in [-0.2, 0) is 0 Å². The fraction of sp³-hybridized carbons (Fsp3) is 0.556. The van der Waals surface area contributed by atoms with Crippen LogP contribution in [0.5, 0.6) is 0 Å². The van der Waals surface area contributed by atoms with Crippen LogP contribution in [0.15, 0.2) is 25.3 Å². The van der Waals surface area contributed by atoms with E-state index in [0.29, 0.717) is 0 Å². The van der Waals surface area contributed by atoms with Crippen molar-refractivity contribution in [2.75, 3.05) is 13.1 Å². The van der Waals surface area contributed by atoms with Gasteiger partial charge in [-0.3, -0.25) is 0 Å². The van der Waals surface area contributed by atoms with Crippen molar-refractivity contribution in [1.29, 1.82) is 0 Å². The summed E-state index contributed by atoms with van der Waals surface area (Å²) < 4.78 is 3.42. The van der Waals surface area contributed by atoms with Gasteiger partial charge in [-0.2, -0.15) is 0 Å². The van der Waals surface area contributed by atoms with Gasteiger partial charge in [0.2, 0.25) is 0 Å². The predicted molar refractivity (Wildman–Crippen MR) is 55.6 cm³/mol. The second kappa shape index (κ2) is 6.68. The van der Waals surface area contributed by atoms with Crippen molar-refractivity contribution in [1.82, 2.24) is 3.86 Å². The fourth-order valence-corrected chi connectivity index (χ4v) is 4.66. The molecule has 0 aliphatic heterocycles. The van der Waals surface area contributed by atoms with E-state index >= 15 is 0 Å². The molecule has 0 aliphatic carbocycles. The topological polar surface area (TPSA) is 3.24 Å². The van der Waals surface area contributed by atoms with E-state index < -0.39 is 15.7 Å². The van der Waals surface area contributed by atoms with E-state index in [1.807, 2.05) is 12.2 Å². The Kier molecular flexibility index (Phi) is 6.67. The Labute approximate surface area is 76.9 Å². The molecule has 0 atom stereocenters. The first kappa shape index (κ1) is 11.0. The maximum atomic E-state index is 3.74. The van der Waals surface area contributed by atoms with Gasteiger partial charge in [0, 0.05) is 0 Å². The molecule has 0 rings (SSSR count). The third-order valence-electron chi connectivity index (χ3n) is 1.40. The molecular formula is C9H19GeN. The average Bonchev–Trinajstić information content (AvgIpc) is 1.87. The number of hydrogen-bond acceptors (Lipinski definition) is 1. The summed E-state index contributed by atoms with van der Waals surface area (Å²) in [5.41, 5.74) is 0. The predicted octanol–water partition coefficient (Wildman–Crippen LogP) is 1.57. The molecule has 0 aromatic rings. The fourth-order valence-electron chi connectivity index (χ4n) is 1.11. The van der Waals surface area contributed by atoms with E-state index in [-0.39, 0.29) is 0 Å². The quantitative estimate of drug-likeness (QED) is 0.479. The van der Waals surface area contributed by atoms with Crippen LogP contribution < -0.4 is 0 Å². The summed E-state index contributed by atoms with van der Waals surface area (Å²) in [5.74, 6) is 0. The van der Waals surface area contributed by atoms with Crippen molar-refractivity contribution in [3.05, 3.63) is 25.3 Å². The zero-order valence-electron chi connectivity index (χ0n) is 7.71. The molecule has 0 fully saturated rings. The average molecular weight is 214 g/mol. The van der Waals surface area contributed by atoms with Crippen molar-refractivity contribution in [3.63, 3.8) is 0 Å². The van der Waals surface area contributed by atoms with Gasteiger partial charge in [0.05, 0.1) is 0 Å². The summed E-state index contributed by atoms with van der Waals surface area (Å²) in [5, 5.41) is 0. The van der Waals surface area contributed by atoms with E-state index in [1.165, 1.54) is 0 Å². The van der Waals surface area contributed by atoms with Crippen molar-refractivity contribution in [3.8, 4) is 0 Å². The minimum absolute atomic E-state index is 0.489. The first-order valence-electron chi connectivity index (χ1n) is 4.14. The summed E-state index contributed by atoms with van der Waals surface area (Å²) >= 11 is -0.489. The van der Waals surface area contributed by atoms with E-state index in [4.69, 9.17) is 0 Å². The molecule has 0 saturated carbocycles. The number of rotatable bonds is 6. The molecular weight excluding hydrogens is 195 g/mol. The van der Waals surface area contributed by atoms with Crippen LogP contribution in [0.25, 0.3) is 0 Å². The molecule has 0 spiro atoms. The van der Waals surface area contributed by atoms with E-state index in [0.717, 1.165) is 17.8 Å². The molecule has 64 valence electrons. The third kappa shape index (κ3) is 6.38. The number of hydrogen-bond donors (Lipinski definition) is 0. The zero-order chi connectivity index (χ0) is 8.69. The Morgan fingerprint density at radius 3 is 2.00 bits per heavy atom. The Hall–Kier alpha value is -0.0171. The van der Waals surface area contributed by atoms with Gasteiger partial charge >= 0.3 is 76.5 Å². The summed E-state index contributed by atoms with van der Waals surface area (Å²) in [7, 11) is 0. The van der Waals surface area contributed by atoms with Gasteiger partial charge in [-0.15, -0.1) is 0 Å². The molecule has 0 unspecified atom stereocenters. The van der Waals surface area contributed by atoms with Crippen LogP contribution in [0, 0.1) is 0 Å². The Balaban J connectivity index is 3.67. The molecule has 11 heavy (non-hydrogen) atoms. The van der Waals surface area contributed by atoms with Crippen molar-refractivity contribution in [2.45, 2.75) is 18.6 Å². The van der Waals surface area contributed by atoms with Crippen molar-refractivity contribution in [2.24, 2.45) is 0 Å². The van der Waals surface area contributed by atoms with Crippen LogP contribution in [-0.4, -0.2) is 32.6 Å². The standard InChI is InChI=1S/C9H19GeN/c1-5-7-11(8-6-2)10-9(3)4/h5-6,9H,1-2,7-8,10H2,3-4H3. The maximum absolute atomic E-state index is 3.74. The molecule has 0 bridgehead atoms. The van der Waals surface area contributed by atoms with Gasteiger partial charge in [0.15, 0.2) is 0 Å². The molecule has 0 aromatic carbocycles. The summed E-state index contributed by atoms with van der Waals surface area (Å²) in [6.07, 6.45) is 3.97. The van der Waals surface area contributed by atoms with Crippen LogP contribution in [0.4, 0.5) is 0 Å². The molecule has 0 aliphatic rings. The molecule has 0 aromatic heterocycles. The second-order valence-electron chi connectivity index (χ2n) is 3.19. The van der Waals surface area contributed by atoms with Crippen molar-refractivity contribution < 1.29 is 0 Å². The summed E-state index contributed by atoms with van der Waals surface area (Å²) in [6, 6.07) is 0. The van der Waals surface area contributed by atoms with Gasteiger partial charge < -0.3 is 0 Å². The Morgan fingerprint density at radius 2 is 1.73 bits per heavy atom. The van der Waals surface area contributed by atoms with E-state index in [2.05, 4.69) is 30.9 Å². The van der Waals surface area contributed by atoms with E-state index in [1.54, 1.807) is 0 Å². The van der Waals surface area contributed by atoms with E-state index in [9.17, 15) is 0 Å². The van der Waals surface area contributed by atoms with Gasteiger partial charge in [-0.1, -0.05) is 0 Å². The van der Waals surface area contributed by atoms with Crippen LogP contribution in [0.2, 0.25) is 4.75 Å². The van der Waals surface area contributed by atoms with Gasteiger partial charge in [-0.25, -0.2) is 0 Å². The molecule has 0 N–H and O–H groups in total. The van der Waals surface area contributed by atoms with Gasteiger partial charge in [-0.05, 0) is 0 Å². The first-order valence-corrected chi connectivity index (χ1v) is 7.18. The number of nitrogens with zero attached hydrogens (tertiary/aromatic N) is 1. The van der Waals surface area contributed by atoms with Crippen LogP contribution in [0.3, 0.4) is 0 Å². The summed E-state index contributed by atoms with van der Waals surface area (Å²) in [6.45, 7) is 14.2. The third-order valence-corrected chi connectivity index (χ3v) is 5.10. The Bertz CT molecular complexity index is 111. The minimum atomic E-state index is -0.489.